The van der Waals surface area contributed by atoms with Crippen molar-refractivity contribution >= 4 is 43.9 Å². The van der Waals surface area contributed by atoms with Crippen molar-refractivity contribution in [2.45, 2.75) is 6.92 Å². The fraction of sp³-hybridized carbons (Fsp3) is 0.400. The van der Waals surface area contributed by atoms with Gasteiger partial charge in [-0.2, -0.15) is 0 Å². The number of aromatic nitrogens is 1. The number of rotatable bonds is 7. The van der Waals surface area contributed by atoms with Crippen molar-refractivity contribution in [1.82, 2.24) is 9.88 Å². The standard InChI is InChI=1S/C20H23N3O3S2/c1-2-26-15-5-3-6-16-18(15)21-20(28-16)23(19(24)17-7-4-14-27-17)9-8-22-10-12-25-13-11-22/h3-7,14H,2,8-13H2,1H3. The molecule has 28 heavy (non-hydrogen) atoms. The highest BCUT2D eigenvalue weighted by atomic mass is 32.1. The van der Waals surface area contributed by atoms with E-state index in [1.165, 1.54) is 22.7 Å². The Hall–Kier alpha value is -2.00. The molecule has 1 aromatic carbocycles. The Labute approximate surface area is 172 Å². The second-order valence-electron chi connectivity index (χ2n) is 6.42. The van der Waals surface area contributed by atoms with Crippen LogP contribution in [-0.4, -0.2) is 61.8 Å². The number of thiophene rings is 1. The van der Waals surface area contributed by atoms with Crippen molar-refractivity contribution < 1.29 is 14.3 Å². The molecule has 0 N–H and O–H groups in total. The van der Waals surface area contributed by atoms with Gasteiger partial charge in [-0.05, 0) is 30.5 Å². The first kappa shape index (κ1) is 19.3. The summed E-state index contributed by atoms with van der Waals surface area (Å²) in [5.41, 5.74) is 0.819. The lowest BCUT2D eigenvalue weighted by molar-refractivity contribution is 0.0391. The predicted molar refractivity (Wildman–Crippen MR) is 114 cm³/mol. The van der Waals surface area contributed by atoms with Gasteiger partial charge in [-0.25, -0.2) is 4.98 Å². The zero-order valence-electron chi connectivity index (χ0n) is 15.8. The van der Waals surface area contributed by atoms with Crippen LogP contribution in [-0.2, 0) is 4.74 Å². The van der Waals surface area contributed by atoms with Gasteiger partial charge in [0.1, 0.15) is 11.3 Å². The molecule has 0 aliphatic carbocycles. The number of anilines is 1. The topological polar surface area (TPSA) is 54.9 Å². The molecule has 0 atom stereocenters. The smallest absolute Gasteiger partial charge is 0.270 e. The number of fused-ring (bicyclic) bond motifs is 1. The minimum absolute atomic E-state index is 0.000255. The second kappa shape index (κ2) is 9.00. The van der Waals surface area contributed by atoms with E-state index in [1.54, 1.807) is 0 Å². The maximum Gasteiger partial charge on any atom is 0.270 e. The Morgan fingerprint density at radius 2 is 2.14 bits per heavy atom. The molecule has 0 unspecified atom stereocenters. The molecule has 0 saturated carbocycles. The number of carbonyl (C=O) groups excluding carboxylic acids is 1. The lowest BCUT2D eigenvalue weighted by atomic mass is 10.3. The Bertz CT molecular complexity index is 920. The van der Waals surface area contributed by atoms with Crippen LogP contribution in [0.25, 0.3) is 10.2 Å². The molecule has 6 nitrogen and oxygen atoms in total. The average molecular weight is 418 g/mol. The largest absolute Gasteiger partial charge is 0.492 e. The van der Waals surface area contributed by atoms with E-state index in [1.807, 2.05) is 47.5 Å². The van der Waals surface area contributed by atoms with Gasteiger partial charge in [-0.3, -0.25) is 14.6 Å². The van der Waals surface area contributed by atoms with Gasteiger partial charge in [0.2, 0.25) is 0 Å². The number of morpholine rings is 1. The lowest BCUT2D eigenvalue weighted by Crippen LogP contribution is -2.43. The summed E-state index contributed by atoms with van der Waals surface area (Å²) in [4.78, 5) is 22.8. The first-order valence-corrected chi connectivity index (χ1v) is 11.1. The number of para-hydroxylation sites is 1. The summed E-state index contributed by atoms with van der Waals surface area (Å²) >= 11 is 2.99. The van der Waals surface area contributed by atoms with Crippen LogP contribution >= 0.6 is 22.7 Å². The monoisotopic (exact) mass is 417 g/mol. The first-order valence-electron chi connectivity index (χ1n) is 9.44. The van der Waals surface area contributed by atoms with Gasteiger partial charge in [-0.15, -0.1) is 11.3 Å². The highest BCUT2D eigenvalue weighted by Gasteiger charge is 2.24. The van der Waals surface area contributed by atoms with Gasteiger partial charge in [0.15, 0.2) is 5.13 Å². The molecular formula is C20H23N3O3S2. The molecule has 8 heteroatoms. The maximum atomic E-state index is 13.2. The van der Waals surface area contributed by atoms with Crippen molar-refractivity contribution in [2.75, 3.05) is 50.9 Å². The van der Waals surface area contributed by atoms with Crippen molar-refractivity contribution in [3.05, 3.63) is 40.6 Å². The third-order valence-corrected chi connectivity index (χ3v) is 6.52. The molecule has 0 radical (unpaired) electrons. The number of nitrogens with zero attached hydrogens (tertiary/aromatic N) is 3. The quantitative estimate of drug-likeness (QED) is 0.586. The molecule has 0 bridgehead atoms. The van der Waals surface area contributed by atoms with E-state index < -0.39 is 0 Å². The van der Waals surface area contributed by atoms with E-state index in [-0.39, 0.29) is 5.91 Å². The van der Waals surface area contributed by atoms with Gasteiger partial charge in [-0.1, -0.05) is 23.5 Å². The number of benzene rings is 1. The third kappa shape index (κ3) is 4.20. The summed E-state index contributed by atoms with van der Waals surface area (Å²) in [6.45, 7) is 7.23. The summed E-state index contributed by atoms with van der Waals surface area (Å²) in [5.74, 6) is 0.763. The fourth-order valence-corrected chi connectivity index (χ4v) is 4.86. The molecule has 1 aliphatic heterocycles. The normalized spacial score (nSPS) is 15.0. The van der Waals surface area contributed by atoms with Crippen LogP contribution in [0.1, 0.15) is 16.6 Å². The van der Waals surface area contributed by atoms with Crippen LogP contribution < -0.4 is 9.64 Å². The van der Waals surface area contributed by atoms with E-state index in [9.17, 15) is 4.79 Å². The summed E-state index contributed by atoms with van der Waals surface area (Å²) in [6, 6.07) is 9.69. The minimum atomic E-state index is 0.000255. The highest BCUT2D eigenvalue weighted by Crippen LogP contribution is 2.35. The van der Waals surface area contributed by atoms with Crippen LogP contribution in [0.5, 0.6) is 5.75 Å². The van der Waals surface area contributed by atoms with Gasteiger partial charge in [0.25, 0.3) is 5.91 Å². The molecule has 1 saturated heterocycles. The molecule has 148 valence electrons. The van der Waals surface area contributed by atoms with Gasteiger partial charge in [0, 0.05) is 26.2 Å². The Balaban J connectivity index is 1.63. The van der Waals surface area contributed by atoms with E-state index in [0.29, 0.717) is 18.3 Å². The summed E-state index contributed by atoms with van der Waals surface area (Å²) in [6.07, 6.45) is 0. The van der Waals surface area contributed by atoms with E-state index in [4.69, 9.17) is 14.5 Å². The summed E-state index contributed by atoms with van der Waals surface area (Å²) in [5, 5.41) is 2.65. The molecule has 3 aromatic rings. The average Bonchev–Trinajstić information content (AvgIpc) is 3.39. The number of thiazole rings is 1. The van der Waals surface area contributed by atoms with Crippen molar-refractivity contribution in [3.8, 4) is 5.75 Å². The number of carbonyl (C=O) groups is 1. The number of ether oxygens (including phenoxy) is 2. The van der Waals surface area contributed by atoms with Gasteiger partial charge < -0.3 is 9.47 Å². The van der Waals surface area contributed by atoms with Gasteiger partial charge >= 0.3 is 0 Å². The number of amides is 1. The van der Waals surface area contributed by atoms with Crippen molar-refractivity contribution in [3.63, 3.8) is 0 Å². The lowest BCUT2D eigenvalue weighted by Gasteiger charge is -2.29. The van der Waals surface area contributed by atoms with Crippen LogP contribution in [0.4, 0.5) is 5.13 Å². The molecule has 0 spiro atoms. The Morgan fingerprint density at radius 1 is 1.29 bits per heavy atom. The molecule has 1 amide bonds. The third-order valence-electron chi connectivity index (χ3n) is 4.62. The van der Waals surface area contributed by atoms with E-state index in [0.717, 1.165) is 53.7 Å². The minimum Gasteiger partial charge on any atom is -0.492 e. The summed E-state index contributed by atoms with van der Waals surface area (Å²) in [7, 11) is 0. The number of hydrogen-bond donors (Lipinski definition) is 0. The van der Waals surface area contributed by atoms with Crippen molar-refractivity contribution in [2.24, 2.45) is 0 Å². The first-order chi connectivity index (χ1) is 13.8. The zero-order valence-corrected chi connectivity index (χ0v) is 17.4. The molecule has 1 fully saturated rings. The Kier molecular flexibility index (Phi) is 6.21. The maximum absolute atomic E-state index is 13.2. The van der Waals surface area contributed by atoms with Crippen molar-refractivity contribution in [1.29, 1.82) is 0 Å². The van der Waals surface area contributed by atoms with E-state index in [2.05, 4.69) is 4.90 Å². The van der Waals surface area contributed by atoms with Crippen LogP contribution in [0.15, 0.2) is 35.7 Å². The molecule has 4 rings (SSSR count). The molecule has 1 aliphatic rings. The molecular weight excluding hydrogens is 394 g/mol. The van der Waals surface area contributed by atoms with Crippen LogP contribution in [0.2, 0.25) is 0 Å². The number of hydrogen-bond acceptors (Lipinski definition) is 7. The predicted octanol–water partition coefficient (Wildman–Crippen LogP) is 3.74. The fourth-order valence-electron chi connectivity index (χ4n) is 3.18. The summed E-state index contributed by atoms with van der Waals surface area (Å²) < 4.78 is 12.2. The van der Waals surface area contributed by atoms with Crippen LogP contribution in [0, 0.1) is 0 Å². The second-order valence-corrected chi connectivity index (χ2v) is 8.38. The molecule has 2 aromatic heterocycles. The van der Waals surface area contributed by atoms with Crippen LogP contribution in [0.3, 0.4) is 0 Å². The van der Waals surface area contributed by atoms with Gasteiger partial charge in [0.05, 0.1) is 29.4 Å². The SMILES string of the molecule is CCOc1cccc2sc(N(CCN3CCOCC3)C(=O)c3cccs3)nc12. The Morgan fingerprint density at radius 3 is 2.89 bits per heavy atom. The zero-order chi connectivity index (χ0) is 19.3. The van der Waals surface area contributed by atoms with E-state index >= 15 is 0 Å². The highest BCUT2D eigenvalue weighted by molar-refractivity contribution is 7.22. The molecule has 3 heterocycles.